The number of nitrogens with one attached hydrogen (secondary N) is 2. The molecule has 8 atom stereocenters. The first-order chi connectivity index (χ1) is 28.1. The molecule has 5 fully saturated rings. The van der Waals surface area contributed by atoms with Crippen molar-refractivity contribution in [2.45, 2.75) is 145 Å². The number of likely N-dealkylation sites (tertiary alicyclic amines) is 1. The van der Waals surface area contributed by atoms with Crippen molar-refractivity contribution >= 4 is 56.5 Å². The van der Waals surface area contributed by atoms with Crippen molar-refractivity contribution < 1.29 is 29.0 Å². The van der Waals surface area contributed by atoms with Gasteiger partial charge < -0.3 is 25.4 Å². The molecule has 1 aromatic carbocycles. The summed E-state index contributed by atoms with van der Waals surface area (Å²) in [5.41, 5.74) is 1.26. The van der Waals surface area contributed by atoms with Crippen LogP contribution in [0.25, 0.3) is 10.1 Å². The van der Waals surface area contributed by atoms with Crippen LogP contribution in [-0.2, 0) is 23.9 Å². The largest absolute Gasteiger partial charge is 0.383 e. The number of aliphatic hydroxyl groups excluding tert-OH is 1. The van der Waals surface area contributed by atoms with Crippen LogP contribution < -0.4 is 10.6 Å². The van der Waals surface area contributed by atoms with Crippen LogP contribution in [0.4, 0.5) is 0 Å². The number of hydrogen-bond acceptors (Lipinski definition) is 7. The third-order valence-corrected chi connectivity index (χ3v) is 15.7. The lowest BCUT2D eigenvalue weighted by Gasteiger charge is -2.35. The summed E-state index contributed by atoms with van der Waals surface area (Å²) in [6, 6.07) is 6.50. The van der Waals surface area contributed by atoms with Gasteiger partial charge in [-0.15, -0.1) is 11.3 Å². The van der Waals surface area contributed by atoms with E-state index in [-0.39, 0.29) is 42.4 Å². The number of carbonyl (C=O) groups excluding carboxylic acids is 4. The number of hydrogen-bond donors (Lipinski definition) is 3. The Bertz CT molecular complexity index is 2050. The van der Waals surface area contributed by atoms with Crippen LogP contribution in [0.15, 0.2) is 64.1 Å². The Morgan fingerprint density at radius 1 is 1.05 bits per heavy atom. The van der Waals surface area contributed by atoms with Gasteiger partial charge in [-0.1, -0.05) is 74.6 Å². The summed E-state index contributed by atoms with van der Waals surface area (Å²) >= 11 is 8.12. The zero-order chi connectivity index (χ0) is 40.2. The first kappa shape index (κ1) is 40.1. The molecule has 3 heterocycles. The van der Waals surface area contributed by atoms with Gasteiger partial charge in [-0.25, -0.2) is 0 Å². The minimum absolute atomic E-state index is 0.111. The fourth-order valence-corrected chi connectivity index (χ4v) is 12.3. The Hall–Kier alpha value is -3.31. The maximum atomic E-state index is 15.5. The average molecular weight is 829 g/mol. The molecule has 310 valence electrons. The van der Waals surface area contributed by atoms with E-state index >= 15 is 4.79 Å². The molecule has 7 aliphatic rings. The summed E-state index contributed by atoms with van der Waals surface area (Å²) in [6.07, 6.45) is 17.8. The number of benzene rings is 1. The fraction of sp³-hybridized carbons (Fsp3) is 0.617. The number of carbonyl (C=O) groups is 4. The number of nitrogens with zero attached hydrogens (tertiary/aromatic N) is 1. The Morgan fingerprint density at radius 2 is 1.86 bits per heavy atom. The molecule has 0 radical (unpaired) electrons. The molecule has 3 N–H and O–H groups in total. The molecule has 11 heteroatoms. The van der Waals surface area contributed by atoms with Crippen LogP contribution in [0.5, 0.6) is 0 Å². The molecule has 0 bridgehead atoms. The third-order valence-electron chi connectivity index (χ3n) is 14.5. The molecule has 1 saturated heterocycles. The van der Waals surface area contributed by atoms with E-state index in [4.69, 9.17) is 16.3 Å². The number of ether oxygens (including phenoxy) is 1. The van der Waals surface area contributed by atoms with Gasteiger partial charge in [0.25, 0.3) is 0 Å². The lowest BCUT2D eigenvalue weighted by Crippen LogP contribution is -2.58. The highest BCUT2D eigenvalue weighted by Crippen LogP contribution is 2.57. The molecule has 5 aliphatic carbocycles. The van der Waals surface area contributed by atoms with Gasteiger partial charge in [0.1, 0.15) is 17.7 Å². The van der Waals surface area contributed by atoms with E-state index in [0.717, 1.165) is 84.6 Å². The van der Waals surface area contributed by atoms with Crippen LogP contribution in [0.2, 0.25) is 0 Å². The highest BCUT2D eigenvalue weighted by atomic mass is 35.5. The molecule has 9 nitrogen and oxygen atoms in total. The predicted molar refractivity (Wildman–Crippen MR) is 226 cm³/mol. The number of allylic oxidation sites excluding steroid dienone is 4. The predicted octanol–water partition coefficient (Wildman–Crippen LogP) is 8.00. The normalized spacial score (nSPS) is 31.9. The Kier molecular flexibility index (Phi) is 11.3. The summed E-state index contributed by atoms with van der Waals surface area (Å²) in [7, 11) is 0. The summed E-state index contributed by atoms with van der Waals surface area (Å²) in [6.45, 7) is 2.50. The molecule has 9 rings (SSSR count). The number of Topliss-reactive ketones (excluding diaryl/α,β-unsaturated/α-hetero) is 1. The van der Waals surface area contributed by atoms with Crippen molar-refractivity contribution in [2.24, 2.45) is 23.7 Å². The van der Waals surface area contributed by atoms with E-state index in [1.807, 2.05) is 31.2 Å². The van der Waals surface area contributed by atoms with Crippen LogP contribution in [-0.4, -0.2) is 76.0 Å². The van der Waals surface area contributed by atoms with Gasteiger partial charge in [0, 0.05) is 40.8 Å². The van der Waals surface area contributed by atoms with E-state index in [2.05, 4.69) is 34.2 Å². The average Bonchev–Trinajstić information content (AvgIpc) is 4.18. The molecule has 2 aliphatic heterocycles. The van der Waals surface area contributed by atoms with Crippen LogP contribution in [0.3, 0.4) is 0 Å². The van der Waals surface area contributed by atoms with Gasteiger partial charge in [0.05, 0.1) is 24.8 Å². The lowest BCUT2D eigenvalue weighted by molar-refractivity contribution is -0.144. The van der Waals surface area contributed by atoms with Crippen molar-refractivity contribution in [3.63, 3.8) is 0 Å². The Balaban J connectivity index is 1.02. The smallest absolute Gasteiger partial charge is 0.249 e. The van der Waals surface area contributed by atoms with Crippen LogP contribution >= 0.6 is 22.9 Å². The molecular formula is C47H58ClN3O6S. The quantitative estimate of drug-likeness (QED) is 0.177. The summed E-state index contributed by atoms with van der Waals surface area (Å²) in [5.74, 6) is -0.0834. The minimum atomic E-state index is -1.31. The number of halogens is 1. The number of amides is 3. The van der Waals surface area contributed by atoms with Crippen LogP contribution in [0.1, 0.15) is 121 Å². The van der Waals surface area contributed by atoms with Crippen molar-refractivity contribution in [3.05, 3.63) is 69.6 Å². The number of thiophene rings is 1. The Labute approximate surface area is 351 Å². The van der Waals surface area contributed by atoms with Crippen molar-refractivity contribution in [2.75, 3.05) is 13.2 Å². The lowest BCUT2D eigenvalue weighted by atomic mass is 9.84. The molecule has 58 heavy (non-hydrogen) atoms. The maximum Gasteiger partial charge on any atom is 0.249 e. The van der Waals surface area contributed by atoms with Gasteiger partial charge in [0.15, 0.2) is 5.78 Å². The topological polar surface area (TPSA) is 125 Å². The molecule has 5 unspecified atom stereocenters. The van der Waals surface area contributed by atoms with E-state index < -0.39 is 35.2 Å². The molecule has 2 aromatic rings. The highest BCUT2D eigenvalue weighted by Gasteiger charge is 2.66. The SMILES string of the molecule is CCCC(NC(=O)[C@@H]1C[C@]2(CC(C3=CC(Cl)=CCC3)=CCO2)CN1C(=O)C1(NC(=O)CC2CCCCC2)C[C@@H]1c1csc2ccccc12)C(O)C(=O)C1CC1C1CC1. The first-order valence-electron chi connectivity index (χ1n) is 22.1. The zero-order valence-corrected chi connectivity index (χ0v) is 35.3. The Morgan fingerprint density at radius 3 is 2.64 bits per heavy atom. The van der Waals surface area contributed by atoms with E-state index in [9.17, 15) is 19.5 Å². The second kappa shape index (κ2) is 16.3. The summed E-state index contributed by atoms with van der Waals surface area (Å²) in [4.78, 5) is 59.6. The van der Waals surface area contributed by atoms with Crippen molar-refractivity contribution in [1.82, 2.24) is 15.5 Å². The van der Waals surface area contributed by atoms with E-state index in [1.54, 1.807) is 16.2 Å². The monoisotopic (exact) mass is 827 g/mol. The van der Waals surface area contributed by atoms with Gasteiger partial charge in [-0.05, 0) is 115 Å². The standard InChI is InChI=1S/C47H58ClN3O6S/c1-2-9-38(43(54)42(53)35-22-34(35)29-16-17-29)49-44(55)39-25-46(23-31(18-19-57-46)30-12-8-13-32(48)21-30)27-51(39)45(56)47(50-41(52)20-28-10-4-3-5-11-28)24-37(47)36-26-58-40-15-7-6-14-33(36)40/h6-7,13-15,18,21,26,28-29,34-35,37-39,43,54H,2-5,8-12,16-17,19-20,22-25,27H2,1H3,(H,49,55)(H,50,52)/t34?,35?,37-,38?,39+,43?,46-,47?/m1/s1. The van der Waals surface area contributed by atoms with Gasteiger partial charge >= 0.3 is 0 Å². The third kappa shape index (κ3) is 8.00. The molecule has 4 saturated carbocycles. The molecule has 1 spiro atoms. The first-order valence-corrected chi connectivity index (χ1v) is 23.3. The zero-order valence-electron chi connectivity index (χ0n) is 33.7. The fourth-order valence-electron chi connectivity index (χ4n) is 11.0. The van der Waals surface area contributed by atoms with E-state index in [0.29, 0.717) is 61.5 Å². The van der Waals surface area contributed by atoms with Crippen LogP contribution in [0, 0.1) is 23.7 Å². The van der Waals surface area contributed by atoms with Crippen molar-refractivity contribution in [3.8, 4) is 0 Å². The number of ketones is 1. The van der Waals surface area contributed by atoms with Gasteiger partial charge in [0.2, 0.25) is 17.7 Å². The maximum absolute atomic E-state index is 15.5. The highest BCUT2D eigenvalue weighted by molar-refractivity contribution is 7.17. The number of fused-ring (bicyclic) bond motifs is 1. The summed E-state index contributed by atoms with van der Waals surface area (Å²) < 4.78 is 7.74. The minimum Gasteiger partial charge on any atom is -0.383 e. The molecule has 3 amide bonds. The molecule has 1 aromatic heterocycles. The van der Waals surface area contributed by atoms with Gasteiger partial charge in [-0.2, -0.15) is 0 Å². The molecular weight excluding hydrogens is 770 g/mol. The number of rotatable bonds is 14. The second-order valence-corrected chi connectivity index (χ2v) is 20.0. The van der Waals surface area contributed by atoms with Gasteiger partial charge in [-0.3, -0.25) is 19.2 Å². The summed E-state index contributed by atoms with van der Waals surface area (Å²) in [5, 5.41) is 21.8. The second-order valence-electron chi connectivity index (χ2n) is 18.6. The number of aliphatic hydroxyl groups is 1. The van der Waals surface area contributed by atoms with E-state index in [1.165, 1.54) is 6.42 Å². The van der Waals surface area contributed by atoms with Crippen molar-refractivity contribution in [1.29, 1.82) is 0 Å².